The molecule has 1 aromatic rings. The second-order valence-corrected chi connectivity index (χ2v) is 10.00. The highest BCUT2D eigenvalue weighted by Crippen LogP contribution is 2.51. The molecule has 182 valence electrons. The summed E-state index contributed by atoms with van der Waals surface area (Å²) in [7, 11) is 0. The Morgan fingerprint density at radius 3 is 2.65 bits per heavy atom. The largest absolute Gasteiger partial charge is 0.478 e. The predicted molar refractivity (Wildman–Crippen MR) is 113 cm³/mol. The van der Waals surface area contributed by atoms with Crippen LogP contribution >= 0.6 is 23.3 Å². The molecule has 0 radical (unpaired) electrons. The molecule has 2 amide bonds. The van der Waals surface area contributed by atoms with Crippen LogP contribution in [0.4, 0.5) is 5.13 Å². The fourth-order valence-corrected chi connectivity index (χ4v) is 5.63. The van der Waals surface area contributed by atoms with Crippen LogP contribution in [-0.2, 0) is 33.5 Å². The van der Waals surface area contributed by atoms with Crippen molar-refractivity contribution >= 4 is 63.9 Å². The molecule has 3 aliphatic heterocycles. The van der Waals surface area contributed by atoms with Crippen molar-refractivity contribution in [3.05, 3.63) is 5.82 Å². The number of thioether (sulfide) groups is 1. The van der Waals surface area contributed by atoms with Gasteiger partial charge >= 0.3 is 17.9 Å². The van der Waals surface area contributed by atoms with E-state index in [2.05, 4.69) is 19.8 Å². The molecule has 5 N–H and O–H groups in total. The van der Waals surface area contributed by atoms with Gasteiger partial charge in [-0.05, 0) is 13.8 Å². The van der Waals surface area contributed by atoms with Crippen LogP contribution < -0.4 is 11.1 Å². The first kappa shape index (κ1) is 23.7. The highest BCUT2D eigenvalue weighted by molar-refractivity contribution is 8.00. The average Bonchev–Trinajstić information content (AvgIpc) is 3.33. The van der Waals surface area contributed by atoms with Crippen LogP contribution in [0.15, 0.2) is 5.16 Å². The highest BCUT2D eigenvalue weighted by atomic mass is 32.2. The number of nitrogen functional groups attached to an aromatic ring is 1. The molecule has 4 heterocycles. The smallest absolute Gasteiger partial charge is 0.370 e. The standard InChI is InChI=1S/C17H18N6O9S2/c1-16(2,13(27)28)32-21-7(9-20-15(18)34-22-9)10(25)19-8-11(26)23-12(8)33-4-5-3-6(24)31-17(5,23)14(29)30/h5,8,12H,3-4H2,1-2H3,(H,19,25)(H,27,28)(H,29,30)(H2,18,20,22)/b21-7-/t5-,8+,12+,17+/m0/s1. The number of carboxylic acid groups (broad SMARTS) is 2. The summed E-state index contributed by atoms with van der Waals surface area (Å²) in [4.78, 5) is 70.8. The fraction of sp³-hybridized carbons (Fsp3) is 0.529. The number of nitrogens with one attached hydrogen (secondary N) is 1. The number of rotatable bonds is 7. The summed E-state index contributed by atoms with van der Waals surface area (Å²) in [6.07, 6.45) is -0.142. The van der Waals surface area contributed by atoms with Crippen molar-refractivity contribution in [2.45, 2.75) is 43.0 Å². The van der Waals surface area contributed by atoms with E-state index in [4.69, 9.17) is 15.3 Å². The van der Waals surface area contributed by atoms with Crippen LogP contribution in [0.5, 0.6) is 0 Å². The maximum absolute atomic E-state index is 13.0. The number of hydrogen-bond acceptors (Lipinski definition) is 13. The summed E-state index contributed by atoms with van der Waals surface area (Å²) in [6, 6.07) is -1.18. The number of hydrogen-bond donors (Lipinski definition) is 4. The summed E-state index contributed by atoms with van der Waals surface area (Å²) >= 11 is 1.94. The number of fused-ring (bicyclic) bond motifs is 3. The molecule has 0 saturated carbocycles. The van der Waals surface area contributed by atoms with Gasteiger partial charge in [-0.1, -0.05) is 5.16 Å². The lowest BCUT2D eigenvalue weighted by Crippen LogP contribution is -2.80. The Morgan fingerprint density at radius 2 is 2.06 bits per heavy atom. The molecule has 15 nitrogen and oxygen atoms in total. The minimum Gasteiger partial charge on any atom is -0.478 e. The van der Waals surface area contributed by atoms with Gasteiger partial charge in [0.05, 0.1) is 6.42 Å². The predicted octanol–water partition coefficient (Wildman–Crippen LogP) is -1.55. The molecular formula is C17H18N6O9S2. The summed E-state index contributed by atoms with van der Waals surface area (Å²) < 4.78 is 8.97. The number of β-lactam (4-membered cyclic amide) rings is 1. The van der Waals surface area contributed by atoms with Crippen molar-refractivity contribution in [3.8, 4) is 0 Å². The van der Waals surface area contributed by atoms with Crippen molar-refractivity contribution in [2.75, 3.05) is 11.5 Å². The van der Waals surface area contributed by atoms with Gasteiger partial charge in [0.1, 0.15) is 11.4 Å². The minimum absolute atomic E-state index is 0.000724. The molecule has 0 spiro atoms. The Bertz CT molecular complexity index is 1140. The lowest BCUT2D eigenvalue weighted by molar-refractivity contribution is -0.215. The monoisotopic (exact) mass is 514 g/mol. The number of amides is 2. The Hall–Kier alpha value is -3.47. The van der Waals surface area contributed by atoms with Crippen LogP contribution in [0.25, 0.3) is 0 Å². The van der Waals surface area contributed by atoms with Crippen LogP contribution in [0.1, 0.15) is 26.1 Å². The third kappa shape index (κ3) is 3.60. The topological polar surface area (TPSA) is 224 Å². The summed E-state index contributed by atoms with van der Waals surface area (Å²) in [5.74, 6) is -6.09. The Morgan fingerprint density at radius 1 is 1.35 bits per heavy atom. The van der Waals surface area contributed by atoms with Gasteiger partial charge in [-0.25, -0.2) is 9.59 Å². The number of aliphatic carboxylic acids is 2. The zero-order valence-corrected chi connectivity index (χ0v) is 19.2. The number of carbonyl (C=O) groups excluding carboxylic acids is 3. The lowest BCUT2D eigenvalue weighted by Gasteiger charge is -2.56. The molecular weight excluding hydrogens is 496 g/mol. The molecule has 17 heteroatoms. The number of nitrogens with two attached hydrogens (primary N) is 1. The van der Waals surface area contributed by atoms with Gasteiger partial charge in [0.2, 0.25) is 17.1 Å². The zero-order chi connectivity index (χ0) is 25.0. The van der Waals surface area contributed by atoms with E-state index in [1.807, 2.05) is 0 Å². The van der Waals surface area contributed by atoms with Crippen LogP contribution in [0.2, 0.25) is 0 Å². The van der Waals surface area contributed by atoms with Crippen molar-refractivity contribution in [3.63, 3.8) is 0 Å². The van der Waals surface area contributed by atoms with E-state index in [9.17, 15) is 34.2 Å². The van der Waals surface area contributed by atoms with Gasteiger partial charge in [-0.2, -0.15) is 9.36 Å². The number of esters is 1. The van der Waals surface area contributed by atoms with Gasteiger partial charge in [0, 0.05) is 23.2 Å². The molecule has 34 heavy (non-hydrogen) atoms. The maximum Gasteiger partial charge on any atom is 0.370 e. The molecule has 4 atom stereocenters. The van der Waals surface area contributed by atoms with E-state index in [1.54, 1.807) is 0 Å². The van der Waals surface area contributed by atoms with Gasteiger partial charge in [0.15, 0.2) is 5.13 Å². The highest BCUT2D eigenvalue weighted by Gasteiger charge is 2.71. The van der Waals surface area contributed by atoms with Gasteiger partial charge in [0.25, 0.3) is 17.5 Å². The van der Waals surface area contributed by atoms with E-state index < -0.39 is 64.1 Å². The molecule has 3 saturated heterocycles. The zero-order valence-electron chi connectivity index (χ0n) is 17.6. The SMILES string of the molecule is CC(C)(O/N=C(\C(=O)N[C@@H]1C(=O)N2[C@@H]1SC[C@@H]1CC(=O)O[C@@]12C(=O)O)c1nsc(N)n1)C(=O)O. The van der Waals surface area contributed by atoms with Gasteiger partial charge < -0.3 is 30.8 Å². The first-order valence-corrected chi connectivity index (χ1v) is 11.5. The van der Waals surface area contributed by atoms with Crippen LogP contribution in [-0.4, -0.2) is 88.4 Å². The Labute approximate surface area is 198 Å². The number of anilines is 1. The Balaban J connectivity index is 1.57. The number of carbonyl (C=O) groups is 5. The molecule has 3 aliphatic rings. The van der Waals surface area contributed by atoms with Crippen LogP contribution in [0, 0.1) is 5.92 Å². The van der Waals surface area contributed by atoms with E-state index in [1.165, 1.54) is 25.6 Å². The van der Waals surface area contributed by atoms with Gasteiger partial charge in [-0.3, -0.25) is 19.3 Å². The summed E-state index contributed by atoms with van der Waals surface area (Å²) in [6.45, 7) is 2.40. The average molecular weight is 514 g/mol. The first-order valence-electron chi connectivity index (χ1n) is 9.68. The third-order valence-electron chi connectivity index (χ3n) is 5.45. The van der Waals surface area contributed by atoms with Crippen molar-refractivity contribution in [2.24, 2.45) is 11.1 Å². The number of ether oxygens (including phenoxy) is 1. The van der Waals surface area contributed by atoms with E-state index in [0.29, 0.717) is 0 Å². The number of nitrogens with zero attached hydrogens (tertiary/aromatic N) is 4. The molecule has 0 aromatic carbocycles. The quantitative estimate of drug-likeness (QED) is 0.140. The third-order valence-corrected chi connectivity index (χ3v) is 7.41. The summed E-state index contributed by atoms with van der Waals surface area (Å²) in [5, 5.41) is 24.2. The molecule has 0 bridgehead atoms. The summed E-state index contributed by atoms with van der Waals surface area (Å²) in [5.41, 5.74) is 1.10. The van der Waals surface area contributed by atoms with E-state index in [0.717, 1.165) is 16.4 Å². The lowest BCUT2D eigenvalue weighted by atomic mass is 9.89. The van der Waals surface area contributed by atoms with Gasteiger partial charge in [-0.15, -0.1) is 11.8 Å². The first-order chi connectivity index (χ1) is 15.9. The number of carboxylic acids is 2. The van der Waals surface area contributed by atoms with Crippen LogP contribution in [0.3, 0.4) is 0 Å². The van der Waals surface area contributed by atoms with Crippen molar-refractivity contribution < 1.29 is 43.8 Å². The van der Waals surface area contributed by atoms with E-state index >= 15 is 0 Å². The molecule has 0 aliphatic carbocycles. The normalized spacial score (nSPS) is 28.4. The van der Waals surface area contributed by atoms with E-state index in [-0.39, 0.29) is 23.1 Å². The molecule has 4 rings (SSSR count). The molecule has 1 aromatic heterocycles. The molecule has 3 fully saturated rings. The second-order valence-electron chi connectivity index (χ2n) is 8.06. The Kier molecular flexibility index (Phi) is 5.63. The van der Waals surface area contributed by atoms with Crippen molar-refractivity contribution in [1.82, 2.24) is 19.6 Å². The molecule has 0 unspecified atom stereocenters. The number of oxime groups is 1. The fourth-order valence-electron chi connectivity index (χ4n) is 3.64. The second kappa shape index (κ2) is 8.08. The maximum atomic E-state index is 13.0. The number of aromatic nitrogens is 2. The van der Waals surface area contributed by atoms with Crippen molar-refractivity contribution in [1.29, 1.82) is 0 Å². The minimum atomic E-state index is -2.12.